The van der Waals surface area contributed by atoms with Crippen LogP contribution in [0.5, 0.6) is 23.0 Å². The second-order valence-electron chi connectivity index (χ2n) is 11.8. The van der Waals surface area contributed by atoms with Crippen molar-refractivity contribution in [1.82, 2.24) is 0 Å². The molecule has 0 radical (unpaired) electrons. The van der Waals surface area contributed by atoms with Crippen LogP contribution in [-0.4, -0.2) is 90.2 Å². The Hall–Kier alpha value is -3.81. The van der Waals surface area contributed by atoms with E-state index in [0.29, 0.717) is 0 Å². The first-order valence-electron chi connectivity index (χ1n) is 13.6. The molecule has 0 saturated carbocycles. The van der Waals surface area contributed by atoms with Gasteiger partial charge in [0.05, 0.1) is 41.5 Å². The average Bonchev–Trinajstić information content (AvgIpc) is 3.16. The van der Waals surface area contributed by atoms with E-state index in [-0.39, 0.29) is 28.0 Å². The number of phenolic OH excluding ortho intramolecular Hbond substituents is 3. The lowest BCUT2D eigenvalue weighted by Crippen LogP contribution is -2.75. The topological polar surface area (TPSA) is 200 Å². The molecule has 9 unspecified atom stereocenters. The van der Waals surface area contributed by atoms with Crippen molar-refractivity contribution in [3.8, 4) is 23.0 Å². The van der Waals surface area contributed by atoms with Gasteiger partial charge in [-0.2, -0.15) is 0 Å². The van der Waals surface area contributed by atoms with E-state index in [1.807, 2.05) is 0 Å². The van der Waals surface area contributed by atoms with Crippen molar-refractivity contribution in [2.24, 2.45) is 5.92 Å². The summed E-state index contributed by atoms with van der Waals surface area (Å²) in [4.78, 5) is 42.3. The molecule has 1 fully saturated rings. The number of hydrogen-bond donors (Lipinski definition) is 6. The Kier molecular flexibility index (Phi) is 5.26. The van der Waals surface area contributed by atoms with Gasteiger partial charge in [-0.1, -0.05) is 0 Å². The summed E-state index contributed by atoms with van der Waals surface area (Å²) < 4.78 is 17.8. The molecular formula is C30H28O12. The Balaban J connectivity index is 1.63. The number of aromatic hydroxyl groups is 3. The van der Waals surface area contributed by atoms with Gasteiger partial charge in [-0.15, -0.1) is 0 Å². The summed E-state index contributed by atoms with van der Waals surface area (Å²) in [6, 6.07) is 2.95. The number of Topliss-reactive ketones (excluding diaryl/α,β-unsaturated/α-hetero) is 3. The van der Waals surface area contributed by atoms with Crippen molar-refractivity contribution in [2.45, 2.75) is 75.5 Å². The van der Waals surface area contributed by atoms with Crippen molar-refractivity contribution in [3.05, 3.63) is 57.2 Å². The number of benzene rings is 2. The predicted octanol–water partition coefficient (Wildman–Crippen LogP) is 0.995. The summed E-state index contributed by atoms with van der Waals surface area (Å²) in [5.41, 5.74) is -7.45. The highest BCUT2D eigenvalue weighted by Crippen LogP contribution is 2.65. The number of ketones is 3. The molecule has 0 amide bonds. The molecule has 7 rings (SSSR count). The molecule has 220 valence electrons. The Morgan fingerprint density at radius 2 is 1.40 bits per heavy atom. The Morgan fingerprint density at radius 1 is 0.762 bits per heavy atom. The van der Waals surface area contributed by atoms with Crippen LogP contribution in [0.15, 0.2) is 29.3 Å². The van der Waals surface area contributed by atoms with Crippen LogP contribution in [0, 0.1) is 5.92 Å². The van der Waals surface area contributed by atoms with Gasteiger partial charge in [0.15, 0.2) is 28.6 Å². The van der Waals surface area contributed by atoms with Gasteiger partial charge < -0.3 is 44.8 Å². The van der Waals surface area contributed by atoms with Crippen LogP contribution >= 0.6 is 0 Å². The molecule has 6 N–H and O–H groups in total. The van der Waals surface area contributed by atoms with Gasteiger partial charge in [0, 0.05) is 40.0 Å². The molecule has 12 heteroatoms. The smallest absolute Gasteiger partial charge is 0.196 e. The van der Waals surface area contributed by atoms with Crippen LogP contribution in [0.3, 0.4) is 0 Å². The monoisotopic (exact) mass is 580 g/mol. The van der Waals surface area contributed by atoms with Gasteiger partial charge in [-0.25, -0.2) is 0 Å². The van der Waals surface area contributed by atoms with Crippen molar-refractivity contribution < 1.29 is 59.2 Å². The van der Waals surface area contributed by atoms with Crippen molar-refractivity contribution in [1.29, 1.82) is 0 Å². The van der Waals surface area contributed by atoms with Gasteiger partial charge in [0.25, 0.3) is 0 Å². The standard InChI is InChI=1S/C30H28O12/c1-8-17-21(24(34)10(3)40-8)26(36)20-19(25(17)35)15(33)7-16-23(20)29(39)13-5-12(31)6-14(32)18(13)27(37)22-9(2)41-11(4)28(38)30(22,29)42-16/h5-11,22,24,28,31-34,38-39H,1-4H3. The van der Waals surface area contributed by atoms with E-state index >= 15 is 0 Å². The first-order valence-corrected chi connectivity index (χ1v) is 13.6. The van der Waals surface area contributed by atoms with Crippen LogP contribution in [0.2, 0.25) is 0 Å². The molecule has 0 bridgehead atoms. The maximum atomic E-state index is 14.3. The average molecular weight is 581 g/mol. The molecule has 2 aromatic carbocycles. The van der Waals surface area contributed by atoms with E-state index in [2.05, 4.69) is 0 Å². The minimum Gasteiger partial charge on any atom is -0.508 e. The number of phenols is 3. The zero-order chi connectivity index (χ0) is 30.4. The third-order valence-corrected chi connectivity index (χ3v) is 9.54. The molecule has 0 aromatic heterocycles. The molecular weight excluding hydrogens is 552 g/mol. The Labute approximate surface area is 238 Å². The van der Waals surface area contributed by atoms with Gasteiger partial charge >= 0.3 is 0 Å². The second-order valence-corrected chi connectivity index (χ2v) is 11.8. The van der Waals surface area contributed by atoms with E-state index in [1.54, 1.807) is 0 Å². The van der Waals surface area contributed by atoms with E-state index in [1.165, 1.54) is 27.7 Å². The van der Waals surface area contributed by atoms with Crippen LogP contribution in [0.1, 0.15) is 69.9 Å². The van der Waals surface area contributed by atoms with Crippen LogP contribution in [0.4, 0.5) is 0 Å². The minimum absolute atomic E-state index is 0.144. The molecule has 3 aliphatic heterocycles. The van der Waals surface area contributed by atoms with Gasteiger partial charge in [-0.3, -0.25) is 14.4 Å². The van der Waals surface area contributed by atoms with Crippen molar-refractivity contribution in [2.75, 3.05) is 0 Å². The molecule has 5 aliphatic rings. The van der Waals surface area contributed by atoms with Crippen LogP contribution < -0.4 is 4.74 Å². The molecule has 12 nitrogen and oxygen atoms in total. The second kappa shape index (κ2) is 8.17. The maximum Gasteiger partial charge on any atom is 0.196 e. The molecule has 9 atom stereocenters. The maximum absolute atomic E-state index is 14.3. The third kappa shape index (κ3) is 2.81. The van der Waals surface area contributed by atoms with E-state index in [4.69, 9.17) is 14.2 Å². The Bertz CT molecular complexity index is 1690. The Morgan fingerprint density at radius 3 is 2.10 bits per heavy atom. The number of hydrogen-bond acceptors (Lipinski definition) is 12. The summed E-state index contributed by atoms with van der Waals surface area (Å²) in [7, 11) is 0. The number of ether oxygens (including phenoxy) is 3. The minimum atomic E-state index is -2.66. The molecule has 2 aromatic rings. The fourth-order valence-corrected chi connectivity index (χ4v) is 7.90. The van der Waals surface area contributed by atoms with Gasteiger partial charge in [-0.05, 0) is 33.8 Å². The van der Waals surface area contributed by atoms with Crippen molar-refractivity contribution >= 4 is 17.3 Å². The zero-order valence-electron chi connectivity index (χ0n) is 22.9. The number of carbonyl (C=O) groups is 3. The fourth-order valence-electron chi connectivity index (χ4n) is 7.90. The highest BCUT2D eigenvalue weighted by molar-refractivity contribution is 6.30. The number of carbonyl (C=O) groups excluding carboxylic acids is 3. The first-order chi connectivity index (χ1) is 19.7. The number of aliphatic hydroxyl groups is 3. The first kappa shape index (κ1) is 27.0. The normalized spacial score (nSPS) is 38.2. The van der Waals surface area contributed by atoms with Crippen LogP contribution in [0.25, 0.3) is 0 Å². The summed E-state index contributed by atoms with van der Waals surface area (Å²) in [6.07, 6.45) is -7.06. The third-order valence-electron chi connectivity index (χ3n) is 9.54. The van der Waals surface area contributed by atoms with Crippen LogP contribution in [-0.2, 0) is 15.1 Å². The SMILES string of the molecule is CC1OC(C)C(O)C2=C1C(=O)c1c(O)cc3c(c1C2=O)C1(O)c2cc(O)cc(O)c2C(=O)C2C(C)OC(C)C(O)C21O3. The fraction of sp³-hybridized carbons (Fsp3) is 0.433. The quantitative estimate of drug-likeness (QED) is 0.259. The summed E-state index contributed by atoms with van der Waals surface area (Å²) in [6.45, 7) is 6.09. The van der Waals surface area contributed by atoms with Gasteiger partial charge in [0.1, 0.15) is 35.2 Å². The summed E-state index contributed by atoms with van der Waals surface area (Å²) in [5.74, 6) is -6.12. The molecule has 42 heavy (non-hydrogen) atoms. The lowest BCUT2D eigenvalue weighted by atomic mass is 9.55. The number of aliphatic hydroxyl groups excluding tert-OH is 2. The number of rotatable bonds is 0. The molecule has 3 heterocycles. The molecule has 1 saturated heterocycles. The lowest BCUT2D eigenvalue weighted by molar-refractivity contribution is -0.263. The van der Waals surface area contributed by atoms with E-state index in [0.717, 1.165) is 18.2 Å². The van der Waals surface area contributed by atoms with Gasteiger partial charge in [0.2, 0.25) is 0 Å². The zero-order valence-corrected chi connectivity index (χ0v) is 22.9. The summed E-state index contributed by atoms with van der Waals surface area (Å²) >= 11 is 0. The van der Waals surface area contributed by atoms with E-state index < -0.39 is 105 Å². The molecule has 2 aliphatic carbocycles. The highest BCUT2D eigenvalue weighted by Gasteiger charge is 2.77. The lowest BCUT2D eigenvalue weighted by Gasteiger charge is -2.57. The van der Waals surface area contributed by atoms with E-state index in [9.17, 15) is 45.0 Å². The largest absolute Gasteiger partial charge is 0.508 e. The summed E-state index contributed by atoms with van der Waals surface area (Å²) in [5, 5.41) is 68.2. The highest BCUT2D eigenvalue weighted by atomic mass is 16.6. The van der Waals surface area contributed by atoms with Crippen molar-refractivity contribution in [3.63, 3.8) is 0 Å². The number of fused-ring (bicyclic) bond motifs is 6. The predicted molar refractivity (Wildman–Crippen MR) is 140 cm³/mol. The molecule has 1 spiro atoms.